The van der Waals surface area contributed by atoms with Crippen LogP contribution in [0.5, 0.6) is 0 Å². The van der Waals surface area contributed by atoms with Crippen LogP contribution in [0, 0.1) is 0 Å². The summed E-state index contributed by atoms with van der Waals surface area (Å²) in [5.74, 6) is 0. The number of ether oxygens (including phenoxy) is 1. The third kappa shape index (κ3) is 6.48. The average molecular weight is 235 g/mol. The number of rotatable bonds is 7. The molecule has 90 valence electrons. The van der Waals surface area contributed by atoms with Crippen LogP contribution in [0.4, 0.5) is 4.79 Å². The molecule has 0 spiro atoms. The maximum absolute atomic E-state index is 11.2. The second-order valence-corrected chi connectivity index (χ2v) is 5.54. The van der Waals surface area contributed by atoms with Gasteiger partial charge in [-0.3, -0.25) is 0 Å². The Bertz CT molecular complexity index is 175. The summed E-state index contributed by atoms with van der Waals surface area (Å²) < 4.78 is 15.2. The van der Waals surface area contributed by atoms with E-state index in [1.807, 2.05) is 0 Å². The van der Waals surface area contributed by atoms with Gasteiger partial charge < -0.3 is 18.5 Å². The first-order chi connectivity index (χ1) is 7.15. The van der Waals surface area contributed by atoms with Crippen molar-refractivity contribution in [2.24, 2.45) is 0 Å². The molecule has 0 atom stereocenters. The zero-order valence-corrected chi connectivity index (χ0v) is 11.1. The van der Waals surface area contributed by atoms with Crippen LogP contribution in [-0.2, 0) is 13.6 Å². The quantitative estimate of drug-likeness (QED) is 0.617. The summed E-state index contributed by atoms with van der Waals surface area (Å²) in [5.41, 5.74) is 0. The Labute approximate surface area is 93.1 Å². The molecule has 0 aliphatic heterocycles. The largest absolute Gasteiger partial charge is 0.450 e. The van der Waals surface area contributed by atoms with Crippen molar-refractivity contribution >= 4 is 15.4 Å². The maximum Gasteiger partial charge on any atom is 0.409 e. The first-order valence-corrected chi connectivity index (χ1v) is 6.85. The van der Waals surface area contributed by atoms with Gasteiger partial charge in [0.2, 0.25) is 0 Å². The fourth-order valence-electron chi connectivity index (χ4n) is 1.15. The second-order valence-electron chi connectivity index (χ2n) is 3.16. The molecule has 15 heavy (non-hydrogen) atoms. The molecular formula is C9H21NO4Si. The number of amides is 1. The van der Waals surface area contributed by atoms with E-state index in [1.54, 1.807) is 33.1 Å². The van der Waals surface area contributed by atoms with Crippen molar-refractivity contribution in [1.82, 2.24) is 4.90 Å². The van der Waals surface area contributed by atoms with Gasteiger partial charge in [0.25, 0.3) is 0 Å². The molecule has 0 aromatic carbocycles. The molecule has 0 saturated heterocycles. The lowest BCUT2D eigenvalue weighted by Gasteiger charge is -2.17. The van der Waals surface area contributed by atoms with Crippen LogP contribution in [0.15, 0.2) is 0 Å². The maximum atomic E-state index is 11.2. The van der Waals surface area contributed by atoms with Crippen molar-refractivity contribution in [3.8, 4) is 0 Å². The topological polar surface area (TPSA) is 48.0 Å². The van der Waals surface area contributed by atoms with Gasteiger partial charge in [-0.05, 0) is 19.4 Å². The lowest BCUT2D eigenvalue weighted by atomic mass is 10.4. The number of carbonyl (C=O) groups is 1. The van der Waals surface area contributed by atoms with Gasteiger partial charge in [0.1, 0.15) is 0 Å². The number of hydrogen-bond acceptors (Lipinski definition) is 4. The summed E-state index contributed by atoms with van der Waals surface area (Å²) in [6.07, 6.45) is 0.610. The lowest BCUT2D eigenvalue weighted by Crippen LogP contribution is -2.29. The average Bonchev–Trinajstić information content (AvgIpc) is 2.24. The molecule has 1 amide bonds. The van der Waals surface area contributed by atoms with Crippen molar-refractivity contribution in [1.29, 1.82) is 0 Å². The number of carbonyl (C=O) groups excluding carboxylic acids is 1. The van der Waals surface area contributed by atoms with E-state index >= 15 is 0 Å². The van der Waals surface area contributed by atoms with Gasteiger partial charge in [-0.2, -0.15) is 0 Å². The zero-order chi connectivity index (χ0) is 11.7. The minimum Gasteiger partial charge on any atom is -0.450 e. The van der Waals surface area contributed by atoms with Crippen molar-refractivity contribution < 1.29 is 18.4 Å². The predicted molar refractivity (Wildman–Crippen MR) is 60.2 cm³/mol. The first kappa shape index (κ1) is 14.4. The third-order valence-electron chi connectivity index (χ3n) is 2.04. The van der Waals surface area contributed by atoms with Crippen LogP contribution in [0.1, 0.15) is 13.3 Å². The van der Waals surface area contributed by atoms with Crippen LogP contribution in [0.25, 0.3) is 0 Å². The summed E-state index contributed by atoms with van der Waals surface area (Å²) in [5, 5.41) is 0. The highest BCUT2D eigenvalue weighted by atomic mass is 28.3. The number of nitrogens with zero attached hydrogens (tertiary/aromatic N) is 1. The van der Waals surface area contributed by atoms with Crippen molar-refractivity contribution in [2.75, 3.05) is 34.4 Å². The molecule has 5 nitrogen and oxygen atoms in total. The molecule has 0 fully saturated rings. The fourth-order valence-corrected chi connectivity index (χ4v) is 2.33. The second kappa shape index (κ2) is 8.69. The van der Waals surface area contributed by atoms with Crippen molar-refractivity contribution in [3.05, 3.63) is 0 Å². The van der Waals surface area contributed by atoms with Crippen LogP contribution in [0.2, 0.25) is 6.04 Å². The summed E-state index contributed by atoms with van der Waals surface area (Å²) >= 11 is 0. The Morgan fingerprint density at radius 2 is 1.93 bits per heavy atom. The summed E-state index contributed by atoms with van der Waals surface area (Å²) in [6.45, 7) is 2.89. The Morgan fingerprint density at radius 3 is 2.40 bits per heavy atom. The molecule has 0 aromatic heterocycles. The molecule has 0 aliphatic rings. The van der Waals surface area contributed by atoms with Gasteiger partial charge in [0.05, 0.1) is 6.61 Å². The summed E-state index contributed by atoms with van der Waals surface area (Å²) in [4.78, 5) is 12.8. The Balaban J connectivity index is 3.61. The van der Waals surface area contributed by atoms with Gasteiger partial charge in [0, 0.05) is 27.8 Å². The lowest BCUT2D eigenvalue weighted by molar-refractivity contribution is 0.116. The molecule has 0 aliphatic carbocycles. The van der Waals surface area contributed by atoms with Gasteiger partial charge in [-0.25, -0.2) is 4.79 Å². The molecule has 0 aromatic rings. The van der Waals surface area contributed by atoms with Crippen molar-refractivity contribution in [3.63, 3.8) is 0 Å². The van der Waals surface area contributed by atoms with E-state index in [0.29, 0.717) is 13.2 Å². The van der Waals surface area contributed by atoms with Crippen LogP contribution in [-0.4, -0.2) is 54.7 Å². The van der Waals surface area contributed by atoms with E-state index < -0.39 is 9.28 Å². The highest BCUT2D eigenvalue weighted by Crippen LogP contribution is 2.01. The first-order valence-electron chi connectivity index (χ1n) is 5.09. The Kier molecular flexibility index (Phi) is 8.35. The normalized spacial score (nSPS) is 10.5. The van der Waals surface area contributed by atoms with Gasteiger partial charge in [0.15, 0.2) is 0 Å². The Morgan fingerprint density at radius 1 is 1.33 bits per heavy atom. The van der Waals surface area contributed by atoms with Gasteiger partial charge in [-0.1, -0.05) is 0 Å². The molecule has 6 heteroatoms. The SMILES string of the molecule is CCOC(=O)N(C)CCC[SiH](OC)OC. The molecule has 0 N–H and O–H groups in total. The molecule has 0 rings (SSSR count). The molecule has 0 radical (unpaired) electrons. The van der Waals surface area contributed by atoms with E-state index in [-0.39, 0.29) is 6.09 Å². The molecule has 0 bridgehead atoms. The highest BCUT2D eigenvalue weighted by Gasteiger charge is 2.12. The molecule has 0 heterocycles. The van der Waals surface area contributed by atoms with Gasteiger partial charge >= 0.3 is 15.4 Å². The van der Waals surface area contributed by atoms with E-state index in [4.69, 9.17) is 13.6 Å². The van der Waals surface area contributed by atoms with E-state index in [1.165, 1.54) is 0 Å². The van der Waals surface area contributed by atoms with Crippen LogP contribution < -0.4 is 0 Å². The fraction of sp³-hybridized carbons (Fsp3) is 0.889. The minimum absolute atomic E-state index is 0.273. The molecule has 0 unspecified atom stereocenters. The highest BCUT2D eigenvalue weighted by molar-refractivity contribution is 6.44. The molecular weight excluding hydrogens is 214 g/mol. The minimum atomic E-state index is -1.48. The smallest absolute Gasteiger partial charge is 0.409 e. The monoisotopic (exact) mass is 235 g/mol. The van der Waals surface area contributed by atoms with E-state index in [0.717, 1.165) is 12.5 Å². The zero-order valence-electron chi connectivity index (χ0n) is 9.99. The standard InChI is InChI=1S/C9H21NO4Si/c1-5-14-9(11)10(2)7-6-8-15(12-3)13-4/h15H,5-8H2,1-4H3. The van der Waals surface area contributed by atoms with E-state index in [2.05, 4.69) is 0 Å². The van der Waals surface area contributed by atoms with Gasteiger partial charge in [-0.15, -0.1) is 0 Å². The van der Waals surface area contributed by atoms with E-state index in [9.17, 15) is 4.79 Å². The number of hydrogen-bond donors (Lipinski definition) is 0. The summed E-state index contributed by atoms with van der Waals surface area (Å²) in [7, 11) is 3.58. The van der Waals surface area contributed by atoms with Crippen LogP contribution in [0.3, 0.4) is 0 Å². The third-order valence-corrected chi connectivity index (χ3v) is 3.97. The summed E-state index contributed by atoms with van der Waals surface area (Å²) in [6, 6.07) is 0.900. The van der Waals surface area contributed by atoms with Crippen molar-refractivity contribution in [2.45, 2.75) is 19.4 Å². The Hall–Kier alpha value is -0.593. The van der Waals surface area contributed by atoms with Crippen LogP contribution >= 0.6 is 0 Å². The predicted octanol–water partition coefficient (Wildman–Crippen LogP) is 0.978. The molecule has 0 saturated carbocycles.